The summed E-state index contributed by atoms with van der Waals surface area (Å²) in [5.74, 6) is 0.730. The fourth-order valence-corrected chi connectivity index (χ4v) is 1.46. The molecule has 78 valence electrons. The molecule has 0 amide bonds. The number of nitrogens with zero attached hydrogens (tertiary/aromatic N) is 3. The Balaban J connectivity index is 2.45. The Morgan fingerprint density at radius 1 is 1.47 bits per heavy atom. The lowest BCUT2D eigenvalue weighted by molar-refractivity contribution is 0.829. The van der Waals surface area contributed by atoms with Crippen LogP contribution >= 0.6 is 11.6 Å². The highest BCUT2D eigenvalue weighted by molar-refractivity contribution is 6.31. The van der Waals surface area contributed by atoms with Crippen LogP contribution in [0.4, 0.5) is 0 Å². The quantitative estimate of drug-likeness (QED) is 0.841. The highest BCUT2D eigenvalue weighted by atomic mass is 35.5. The molecule has 0 spiro atoms. The van der Waals surface area contributed by atoms with E-state index >= 15 is 0 Å². The minimum Gasteiger partial charge on any atom is -0.325 e. The van der Waals surface area contributed by atoms with Gasteiger partial charge in [-0.1, -0.05) is 11.6 Å². The topological polar surface area (TPSA) is 56.7 Å². The van der Waals surface area contributed by atoms with Crippen molar-refractivity contribution in [2.75, 3.05) is 0 Å². The molecule has 4 nitrogen and oxygen atoms in total. The SMILES string of the molecule is Cc1cnn(-c2ccc(Cl)c(CN)n2)c1. The van der Waals surface area contributed by atoms with Gasteiger partial charge < -0.3 is 5.73 Å². The van der Waals surface area contributed by atoms with Gasteiger partial charge in [0.15, 0.2) is 5.82 Å². The highest BCUT2D eigenvalue weighted by Crippen LogP contribution is 2.15. The predicted octanol–water partition coefficient (Wildman–Crippen LogP) is 1.69. The van der Waals surface area contributed by atoms with Crippen molar-refractivity contribution in [1.82, 2.24) is 14.8 Å². The number of nitrogens with two attached hydrogens (primary N) is 1. The first-order chi connectivity index (χ1) is 7.20. The van der Waals surface area contributed by atoms with E-state index in [-0.39, 0.29) is 0 Å². The second kappa shape index (κ2) is 4.00. The lowest BCUT2D eigenvalue weighted by Gasteiger charge is -2.04. The number of aromatic nitrogens is 3. The molecule has 5 heteroatoms. The molecular formula is C10H11ClN4. The molecule has 0 aromatic carbocycles. The van der Waals surface area contributed by atoms with Gasteiger partial charge in [-0.3, -0.25) is 0 Å². The monoisotopic (exact) mass is 222 g/mol. The fourth-order valence-electron chi connectivity index (χ4n) is 1.28. The van der Waals surface area contributed by atoms with Crippen LogP contribution in [0, 0.1) is 6.92 Å². The van der Waals surface area contributed by atoms with E-state index in [2.05, 4.69) is 10.1 Å². The van der Waals surface area contributed by atoms with Crippen LogP contribution in [0.15, 0.2) is 24.5 Å². The molecule has 2 aromatic rings. The van der Waals surface area contributed by atoms with Crippen molar-refractivity contribution in [2.24, 2.45) is 5.73 Å². The van der Waals surface area contributed by atoms with Gasteiger partial charge in [0.05, 0.1) is 16.9 Å². The van der Waals surface area contributed by atoms with Crippen molar-refractivity contribution in [3.63, 3.8) is 0 Å². The molecule has 2 heterocycles. The van der Waals surface area contributed by atoms with E-state index in [0.29, 0.717) is 17.3 Å². The molecule has 0 unspecified atom stereocenters. The molecule has 0 fully saturated rings. The normalized spacial score (nSPS) is 10.6. The summed E-state index contributed by atoms with van der Waals surface area (Å²) in [6, 6.07) is 3.59. The smallest absolute Gasteiger partial charge is 0.153 e. The van der Waals surface area contributed by atoms with Crippen molar-refractivity contribution < 1.29 is 0 Å². The van der Waals surface area contributed by atoms with E-state index in [9.17, 15) is 0 Å². The van der Waals surface area contributed by atoms with E-state index < -0.39 is 0 Å². The first kappa shape index (κ1) is 10.1. The van der Waals surface area contributed by atoms with E-state index in [1.807, 2.05) is 19.2 Å². The number of hydrogen-bond acceptors (Lipinski definition) is 3. The molecular weight excluding hydrogens is 212 g/mol. The average Bonchev–Trinajstić information content (AvgIpc) is 2.66. The van der Waals surface area contributed by atoms with Crippen LogP contribution in [0.2, 0.25) is 5.02 Å². The van der Waals surface area contributed by atoms with Gasteiger partial charge >= 0.3 is 0 Å². The van der Waals surface area contributed by atoms with Crippen molar-refractivity contribution >= 4 is 11.6 Å². The van der Waals surface area contributed by atoms with Gasteiger partial charge in [0.2, 0.25) is 0 Å². The van der Waals surface area contributed by atoms with Crippen LogP contribution in [0.3, 0.4) is 0 Å². The second-order valence-electron chi connectivity index (χ2n) is 3.26. The maximum absolute atomic E-state index is 5.92. The summed E-state index contributed by atoms with van der Waals surface area (Å²) in [5, 5.41) is 4.75. The maximum Gasteiger partial charge on any atom is 0.153 e. The Bertz CT molecular complexity index is 478. The van der Waals surface area contributed by atoms with Gasteiger partial charge in [-0.25, -0.2) is 9.67 Å². The third-order valence-corrected chi connectivity index (χ3v) is 2.39. The molecule has 0 saturated heterocycles. The lowest BCUT2D eigenvalue weighted by atomic mass is 10.3. The van der Waals surface area contributed by atoms with Crippen molar-refractivity contribution in [1.29, 1.82) is 0 Å². The molecule has 0 aliphatic rings. The van der Waals surface area contributed by atoms with E-state index in [4.69, 9.17) is 17.3 Å². The predicted molar refractivity (Wildman–Crippen MR) is 59.0 cm³/mol. The third-order valence-electron chi connectivity index (χ3n) is 2.04. The standard InChI is InChI=1S/C10H11ClN4/c1-7-5-13-15(6-7)10-3-2-8(11)9(4-12)14-10/h2-3,5-6H,4,12H2,1H3. The number of aryl methyl sites for hydroxylation is 1. The average molecular weight is 223 g/mol. The molecule has 2 N–H and O–H groups in total. The van der Waals surface area contributed by atoms with Crippen LogP contribution < -0.4 is 5.73 Å². The van der Waals surface area contributed by atoms with Gasteiger partial charge in [0.1, 0.15) is 0 Å². The summed E-state index contributed by atoms with van der Waals surface area (Å²) in [7, 11) is 0. The Labute approximate surface area is 92.7 Å². The van der Waals surface area contributed by atoms with Gasteiger partial charge in [0.25, 0.3) is 0 Å². The zero-order valence-corrected chi connectivity index (χ0v) is 9.07. The van der Waals surface area contributed by atoms with E-state index in [0.717, 1.165) is 11.4 Å². The molecule has 15 heavy (non-hydrogen) atoms. The molecule has 0 aliphatic heterocycles. The van der Waals surface area contributed by atoms with Gasteiger partial charge in [-0.15, -0.1) is 0 Å². The van der Waals surface area contributed by atoms with Crippen LogP contribution in [0.5, 0.6) is 0 Å². The molecule has 2 rings (SSSR count). The highest BCUT2D eigenvalue weighted by Gasteiger charge is 2.04. The summed E-state index contributed by atoms with van der Waals surface area (Å²) >= 11 is 5.92. The maximum atomic E-state index is 5.92. The molecule has 0 bridgehead atoms. The molecule has 0 saturated carbocycles. The third kappa shape index (κ3) is 2.00. The fraction of sp³-hybridized carbons (Fsp3) is 0.200. The van der Waals surface area contributed by atoms with Crippen molar-refractivity contribution in [2.45, 2.75) is 13.5 Å². The number of rotatable bonds is 2. The molecule has 2 aromatic heterocycles. The van der Waals surface area contributed by atoms with Crippen LogP contribution in [-0.4, -0.2) is 14.8 Å². The van der Waals surface area contributed by atoms with Gasteiger partial charge in [-0.2, -0.15) is 5.10 Å². The first-order valence-electron chi connectivity index (χ1n) is 4.58. The lowest BCUT2D eigenvalue weighted by Crippen LogP contribution is -2.05. The van der Waals surface area contributed by atoms with Crippen LogP contribution in [0.1, 0.15) is 11.3 Å². The molecule has 0 atom stereocenters. The minimum atomic E-state index is 0.326. The number of hydrogen-bond donors (Lipinski definition) is 1. The number of pyridine rings is 1. The van der Waals surface area contributed by atoms with Crippen molar-refractivity contribution in [3.05, 3.63) is 40.8 Å². The molecule has 0 aliphatic carbocycles. The summed E-state index contributed by atoms with van der Waals surface area (Å²) in [6.07, 6.45) is 3.68. The Hall–Kier alpha value is -1.39. The van der Waals surface area contributed by atoms with E-state index in [1.165, 1.54) is 0 Å². The zero-order chi connectivity index (χ0) is 10.8. The van der Waals surface area contributed by atoms with Crippen molar-refractivity contribution in [3.8, 4) is 5.82 Å². The van der Waals surface area contributed by atoms with Gasteiger partial charge in [-0.05, 0) is 24.6 Å². The minimum absolute atomic E-state index is 0.326. The Morgan fingerprint density at radius 2 is 2.27 bits per heavy atom. The zero-order valence-electron chi connectivity index (χ0n) is 8.31. The number of halogens is 1. The van der Waals surface area contributed by atoms with Crippen LogP contribution in [0.25, 0.3) is 5.82 Å². The van der Waals surface area contributed by atoms with E-state index in [1.54, 1.807) is 16.9 Å². The summed E-state index contributed by atoms with van der Waals surface area (Å²) in [6.45, 7) is 2.30. The van der Waals surface area contributed by atoms with Gasteiger partial charge in [0, 0.05) is 12.7 Å². The molecule has 0 radical (unpaired) electrons. The summed E-state index contributed by atoms with van der Waals surface area (Å²) in [4.78, 5) is 4.32. The summed E-state index contributed by atoms with van der Waals surface area (Å²) in [5.41, 5.74) is 7.29. The second-order valence-corrected chi connectivity index (χ2v) is 3.67. The Kier molecular flexibility index (Phi) is 2.70. The Morgan fingerprint density at radius 3 is 2.87 bits per heavy atom. The van der Waals surface area contributed by atoms with Crippen LogP contribution in [-0.2, 0) is 6.54 Å². The first-order valence-corrected chi connectivity index (χ1v) is 4.95. The largest absolute Gasteiger partial charge is 0.325 e. The summed E-state index contributed by atoms with van der Waals surface area (Å²) < 4.78 is 1.70.